The number of fused-ring (bicyclic) bond motifs is 1. The molecule has 0 aromatic heterocycles. The third-order valence-electron chi connectivity index (χ3n) is 3.96. The molecule has 154 valence electrons. The maximum atomic E-state index is 13.1. The summed E-state index contributed by atoms with van der Waals surface area (Å²) < 4.78 is 40.2. The molecule has 1 atom stereocenters. The van der Waals surface area contributed by atoms with Crippen LogP contribution in [0.15, 0.2) is 36.4 Å². The maximum Gasteiger partial charge on any atom is 0.586 e. The average Bonchev–Trinajstić information content (AvgIpc) is 2.94. The lowest BCUT2D eigenvalue weighted by atomic mass is 10.2. The van der Waals surface area contributed by atoms with Crippen molar-refractivity contribution in [2.45, 2.75) is 26.2 Å². The van der Waals surface area contributed by atoms with Crippen LogP contribution in [0.1, 0.15) is 13.8 Å². The number of hydrogen-bond donors (Lipinski definition) is 3. The molecule has 0 fully saturated rings. The zero-order chi connectivity index (χ0) is 21.2. The van der Waals surface area contributed by atoms with Gasteiger partial charge in [0, 0.05) is 24.4 Å². The van der Waals surface area contributed by atoms with Crippen LogP contribution >= 0.6 is 0 Å². The molecule has 0 spiro atoms. The first kappa shape index (κ1) is 20.2. The highest BCUT2D eigenvalue weighted by atomic mass is 19.3. The van der Waals surface area contributed by atoms with Crippen LogP contribution < -0.4 is 30.2 Å². The topological polar surface area (TPSA) is 97.9 Å². The van der Waals surface area contributed by atoms with Crippen LogP contribution in [0, 0.1) is 0 Å². The normalized spacial score (nSPS) is 14.7. The lowest BCUT2D eigenvalue weighted by Gasteiger charge is -2.17. The number of anilines is 3. The van der Waals surface area contributed by atoms with E-state index in [9.17, 15) is 18.4 Å². The van der Waals surface area contributed by atoms with Crippen molar-refractivity contribution in [2.75, 3.05) is 23.1 Å². The molecule has 2 aromatic rings. The molecule has 2 amide bonds. The molecular weight excluding hydrogens is 388 g/mol. The van der Waals surface area contributed by atoms with Gasteiger partial charge in [0.05, 0.1) is 12.8 Å². The SMILES string of the molecule is COc1ccc(NC(C)=O)cc1NC(=O)C(C)Nc1ccc2c(c1)OC(F)(F)O2. The van der Waals surface area contributed by atoms with Gasteiger partial charge < -0.3 is 30.2 Å². The molecule has 0 aliphatic carbocycles. The molecule has 1 unspecified atom stereocenters. The van der Waals surface area contributed by atoms with E-state index in [1.54, 1.807) is 25.1 Å². The number of amides is 2. The first-order valence-corrected chi connectivity index (χ1v) is 8.60. The fourth-order valence-corrected chi connectivity index (χ4v) is 2.68. The number of nitrogens with one attached hydrogen (secondary N) is 3. The molecule has 1 heterocycles. The van der Waals surface area contributed by atoms with Crippen molar-refractivity contribution in [3.05, 3.63) is 36.4 Å². The molecule has 1 aliphatic heterocycles. The van der Waals surface area contributed by atoms with Crippen molar-refractivity contribution >= 4 is 28.9 Å². The maximum absolute atomic E-state index is 13.1. The zero-order valence-electron chi connectivity index (χ0n) is 15.8. The molecule has 1 aliphatic rings. The molecule has 3 rings (SSSR count). The molecule has 29 heavy (non-hydrogen) atoms. The number of carbonyl (C=O) groups is 2. The van der Waals surface area contributed by atoms with E-state index in [1.165, 1.54) is 32.2 Å². The van der Waals surface area contributed by atoms with Gasteiger partial charge in [-0.15, -0.1) is 8.78 Å². The molecule has 0 saturated carbocycles. The van der Waals surface area contributed by atoms with Crippen LogP contribution in [0.5, 0.6) is 17.2 Å². The summed E-state index contributed by atoms with van der Waals surface area (Å²) >= 11 is 0. The molecule has 0 saturated heterocycles. The van der Waals surface area contributed by atoms with Crippen LogP contribution in [0.4, 0.5) is 25.8 Å². The first-order chi connectivity index (χ1) is 13.7. The number of methoxy groups -OCH3 is 1. The van der Waals surface area contributed by atoms with Gasteiger partial charge in [-0.2, -0.15) is 0 Å². The summed E-state index contributed by atoms with van der Waals surface area (Å²) in [6.45, 7) is 2.97. The van der Waals surface area contributed by atoms with Crippen LogP contribution in [0.25, 0.3) is 0 Å². The third-order valence-corrected chi connectivity index (χ3v) is 3.96. The van der Waals surface area contributed by atoms with E-state index in [0.717, 1.165) is 0 Å². The first-order valence-electron chi connectivity index (χ1n) is 8.60. The van der Waals surface area contributed by atoms with Gasteiger partial charge in [-0.25, -0.2) is 0 Å². The lowest BCUT2D eigenvalue weighted by molar-refractivity contribution is -0.286. The number of carbonyl (C=O) groups excluding carboxylic acids is 2. The molecule has 2 aromatic carbocycles. The van der Waals surface area contributed by atoms with Gasteiger partial charge >= 0.3 is 6.29 Å². The highest BCUT2D eigenvalue weighted by molar-refractivity contribution is 5.98. The van der Waals surface area contributed by atoms with Gasteiger partial charge in [0.1, 0.15) is 11.8 Å². The number of rotatable bonds is 6. The van der Waals surface area contributed by atoms with Crippen LogP contribution in [-0.2, 0) is 9.59 Å². The molecule has 10 heteroatoms. The number of halogens is 2. The van der Waals surface area contributed by atoms with Crippen molar-refractivity contribution in [3.63, 3.8) is 0 Å². The fourth-order valence-electron chi connectivity index (χ4n) is 2.68. The van der Waals surface area contributed by atoms with E-state index in [2.05, 4.69) is 25.4 Å². The summed E-state index contributed by atoms with van der Waals surface area (Å²) in [4.78, 5) is 23.8. The van der Waals surface area contributed by atoms with E-state index >= 15 is 0 Å². The second kappa shape index (κ2) is 7.82. The van der Waals surface area contributed by atoms with Crippen molar-refractivity contribution in [2.24, 2.45) is 0 Å². The summed E-state index contributed by atoms with van der Waals surface area (Å²) in [7, 11) is 1.45. The van der Waals surface area contributed by atoms with Gasteiger partial charge in [0.25, 0.3) is 0 Å². The van der Waals surface area contributed by atoms with Crippen molar-refractivity contribution in [3.8, 4) is 17.2 Å². The smallest absolute Gasteiger partial charge is 0.495 e. The summed E-state index contributed by atoms with van der Waals surface area (Å²) in [6.07, 6.45) is -3.71. The van der Waals surface area contributed by atoms with Gasteiger partial charge in [0.2, 0.25) is 11.8 Å². The van der Waals surface area contributed by atoms with E-state index in [-0.39, 0.29) is 17.4 Å². The Kier molecular flexibility index (Phi) is 5.44. The Morgan fingerprint density at radius 1 is 1.03 bits per heavy atom. The molecule has 3 N–H and O–H groups in total. The summed E-state index contributed by atoms with van der Waals surface area (Å²) in [5.74, 6) is -0.471. The summed E-state index contributed by atoms with van der Waals surface area (Å²) in [5, 5.41) is 8.23. The van der Waals surface area contributed by atoms with E-state index < -0.39 is 18.2 Å². The Hall–Kier alpha value is -3.56. The third kappa shape index (κ3) is 4.84. The minimum atomic E-state index is -3.71. The van der Waals surface area contributed by atoms with E-state index in [4.69, 9.17) is 4.74 Å². The quantitative estimate of drug-likeness (QED) is 0.679. The highest BCUT2D eigenvalue weighted by Gasteiger charge is 2.43. The zero-order valence-corrected chi connectivity index (χ0v) is 15.8. The monoisotopic (exact) mass is 407 g/mol. The van der Waals surface area contributed by atoms with Crippen molar-refractivity contribution in [1.82, 2.24) is 0 Å². The van der Waals surface area contributed by atoms with Crippen LogP contribution in [-0.4, -0.2) is 31.3 Å². The second-order valence-corrected chi connectivity index (χ2v) is 6.28. The minimum Gasteiger partial charge on any atom is -0.495 e. The second-order valence-electron chi connectivity index (χ2n) is 6.28. The Balaban J connectivity index is 1.69. The number of benzene rings is 2. The van der Waals surface area contributed by atoms with E-state index in [1.807, 2.05) is 0 Å². The number of hydrogen-bond acceptors (Lipinski definition) is 6. The predicted octanol–water partition coefficient (Wildman–Crippen LogP) is 3.41. The number of ether oxygens (including phenoxy) is 3. The van der Waals surface area contributed by atoms with Gasteiger partial charge in [-0.3, -0.25) is 9.59 Å². The Labute approximate surface area is 165 Å². The Morgan fingerprint density at radius 2 is 1.72 bits per heavy atom. The molecule has 0 radical (unpaired) electrons. The average molecular weight is 407 g/mol. The summed E-state index contributed by atoms with van der Waals surface area (Å²) in [5.41, 5.74) is 1.25. The van der Waals surface area contributed by atoms with Crippen LogP contribution in [0.2, 0.25) is 0 Å². The Bertz CT molecular complexity index is 951. The molecule has 0 bridgehead atoms. The standard InChI is InChI=1S/C19H19F2N3O5/c1-10(22-13-5-7-16-17(9-13)29-19(20,21)28-16)18(26)24-14-8-12(23-11(2)25)4-6-15(14)27-3/h4-10,22H,1-3H3,(H,23,25)(H,24,26). The molecular formula is C19H19F2N3O5. The summed E-state index contributed by atoms with van der Waals surface area (Å²) in [6, 6.07) is 8.21. The van der Waals surface area contributed by atoms with Gasteiger partial charge in [-0.1, -0.05) is 0 Å². The Morgan fingerprint density at radius 3 is 2.41 bits per heavy atom. The minimum absolute atomic E-state index is 0.0859. The van der Waals surface area contributed by atoms with Crippen LogP contribution in [0.3, 0.4) is 0 Å². The highest BCUT2D eigenvalue weighted by Crippen LogP contribution is 2.42. The lowest BCUT2D eigenvalue weighted by Crippen LogP contribution is -2.32. The van der Waals surface area contributed by atoms with Crippen molar-refractivity contribution in [1.29, 1.82) is 0 Å². The number of alkyl halides is 2. The fraction of sp³-hybridized carbons (Fsp3) is 0.263. The van der Waals surface area contributed by atoms with Gasteiger partial charge in [0.15, 0.2) is 11.5 Å². The van der Waals surface area contributed by atoms with E-state index in [0.29, 0.717) is 22.8 Å². The predicted molar refractivity (Wildman–Crippen MR) is 102 cm³/mol. The molecule has 8 nitrogen and oxygen atoms in total. The van der Waals surface area contributed by atoms with Crippen molar-refractivity contribution < 1.29 is 32.6 Å². The largest absolute Gasteiger partial charge is 0.586 e. The van der Waals surface area contributed by atoms with Gasteiger partial charge in [-0.05, 0) is 37.3 Å².